The van der Waals surface area contributed by atoms with Crippen molar-refractivity contribution in [3.05, 3.63) is 210 Å². The van der Waals surface area contributed by atoms with E-state index in [1.165, 1.54) is 11.1 Å². The maximum atomic E-state index is 9.48. The molecule has 53 heavy (non-hydrogen) atoms. The summed E-state index contributed by atoms with van der Waals surface area (Å²) in [5.41, 5.74) is 14.1. The van der Waals surface area contributed by atoms with Crippen molar-refractivity contribution < 1.29 is 0 Å². The van der Waals surface area contributed by atoms with Crippen LogP contribution in [0.3, 0.4) is 0 Å². The van der Waals surface area contributed by atoms with Gasteiger partial charge >= 0.3 is 0 Å². The lowest BCUT2D eigenvalue weighted by Crippen LogP contribution is -2.28. The summed E-state index contributed by atoms with van der Waals surface area (Å²) in [7, 11) is 0. The highest BCUT2D eigenvalue weighted by molar-refractivity contribution is 5.90. The highest BCUT2D eigenvalue weighted by Crippen LogP contribution is 2.57. The average Bonchev–Trinajstić information content (AvgIpc) is 3.54. The van der Waals surface area contributed by atoms with E-state index in [9.17, 15) is 5.26 Å². The Balaban J connectivity index is 1.25. The monoisotopic (exact) mass is 676 g/mol. The first-order chi connectivity index (χ1) is 26.1. The fourth-order valence-corrected chi connectivity index (χ4v) is 7.59. The minimum absolute atomic E-state index is 0.479. The van der Waals surface area contributed by atoms with E-state index < -0.39 is 5.41 Å². The standard InChI is InChI=1S/C47H28N6/c1-49-38-23-35(29-51-30-38)46-17-9-15-44(53-46)33-19-21-40-39-20-18-32(43-14-8-16-45(52-43)34-22-31(26-48)27-50-28-34)24-41(39)47(42(40)25-33,36-10-4-2-5-11-36)37-12-6-3-7-13-37/h2-25,27-30H. The van der Waals surface area contributed by atoms with E-state index in [-0.39, 0.29) is 0 Å². The molecular weight excluding hydrogens is 649 g/mol. The molecule has 0 fully saturated rings. The van der Waals surface area contributed by atoms with Gasteiger partial charge in [0.15, 0.2) is 0 Å². The van der Waals surface area contributed by atoms with E-state index in [1.807, 2.05) is 48.5 Å². The molecule has 0 bridgehead atoms. The molecular formula is C47H28N6. The van der Waals surface area contributed by atoms with Crippen LogP contribution in [0.15, 0.2) is 170 Å². The van der Waals surface area contributed by atoms with Gasteiger partial charge in [-0.1, -0.05) is 97.1 Å². The lowest BCUT2D eigenvalue weighted by Gasteiger charge is -2.34. The molecule has 9 rings (SSSR count). The Kier molecular flexibility index (Phi) is 7.70. The second-order valence-corrected chi connectivity index (χ2v) is 12.9. The van der Waals surface area contributed by atoms with Crippen LogP contribution in [-0.4, -0.2) is 19.9 Å². The number of benzene rings is 4. The van der Waals surface area contributed by atoms with E-state index in [1.54, 1.807) is 24.8 Å². The van der Waals surface area contributed by atoms with Crippen molar-refractivity contribution in [1.29, 1.82) is 5.26 Å². The molecule has 246 valence electrons. The zero-order chi connectivity index (χ0) is 35.8. The highest BCUT2D eigenvalue weighted by Gasteiger charge is 2.46. The first kappa shape index (κ1) is 31.4. The maximum Gasteiger partial charge on any atom is 0.205 e. The molecule has 0 atom stereocenters. The van der Waals surface area contributed by atoms with E-state index in [2.05, 4.69) is 118 Å². The number of pyridine rings is 4. The Hall–Kier alpha value is -7.54. The zero-order valence-corrected chi connectivity index (χ0v) is 28.3. The number of nitriles is 1. The second kappa shape index (κ2) is 13.0. The molecule has 0 N–H and O–H groups in total. The molecule has 6 heteroatoms. The lowest BCUT2D eigenvalue weighted by atomic mass is 9.67. The summed E-state index contributed by atoms with van der Waals surface area (Å²) in [6, 6.07) is 52.5. The third-order valence-corrected chi connectivity index (χ3v) is 9.95. The van der Waals surface area contributed by atoms with Crippen molar-refractivity contribution >= 4 is 5.69 Å². The number of fused-ring (bicyclic) bond motifs is 3. The predicted molar refractivity (Wildman–Crippen MR) is 208 cm³/mol. The number of hydrogen-bond acceptors (Lipinski definition) is 5. The Labute approximate surface area is 307 Å². The van der Waals surface area contributed by atoms with Crippen molar-refractivity contribution in [2.24, 2.45) is 0 Å². The fourth-order valence-electron chi connectivity index (χ4n) is 7.59. The van der Waals surface area contributed by atoms with Crippen LogP contribution >= 0.6 is 0 Å². The lowest BCUT2D eigenvalue weighted by molar-refractivity contribution is 0.769. The summed E-state index contributed by atoms with van der Waals surface area (Å²) in [4.78, 5) is 22.3. The van der Waals surface area contributed by atoms with Crippen molar-refractivity contribution in [3.63, 3.8) is 0 Å². The molecule has 0 spiro atoms. The van der Waals surface area contributed by atoms with Gasteiger partial charge in [-0.05, 0) is 81.9 Å². The van der Waals surface area contributed by atoms with Crippen molar-refractivity contribution in [3.8, 4) is 62.2 Å². The molecule has 4 aromatic heterocycles. The van der Waals surface area contributed by atoms with Gasteiger partial charge in [-0.25, -0.2) is 14.8 Å². The van der Waals surface area contributed by atoms with Crippen LogP contribution in [0.25, 0.3) is 61.0 Å². The van der Waals surface area contributed by atoms with E-state index >= 15 is 0 Å². The average molecular weight is 677 g/mol. The normalized spacial score (nSPS) is 12.3. The molecule has 1 aliphatic carbocycles. The summed E-state index contributed by atoms with van der Waals surface area (Å²) < 4.78 is 0. The molecule has 0 saturated heterocycles. The molecule has 0 amide bonds. The Morgan fingerprint density at radius 3 is 1.49 bits per heavy atom. The van der Waals surface area contributed by atoms with Gasteiger partial charge in [0.05, 0.1) is 40.3 Å². The molecule has 0 radical (unpaired) electrons. The van der Waals surface area contributed by atoms with Gasteiger partial charge in [0, 0.05) is 47.0 Å². The summed E-state index contributed by atoms with van der Waals surface area (Å²) in [5, 5.41) is 9.48. The van der Waals surface area contributed by atoms with Crippen LogP contribution in [0.5, 0.6) is 0 Å². The number of rotatable bonds is 6. The first-order valence-corrected chi connectivity index (χ1v) is 17.2. The van der Waals surface area contributed by atoms with Crippen molar-refractivity contribution in [2.45, 2.75) is 5.41 Å². The highest BCUT2D eigenvalue weighted by atomic mass is 14.8. The minimum atomic E-state index is -0.645. The molecule has 4 aromatic carbocycles. The molecule has 6 nitrogen and oxygen atoms in total. The summed E-state index contributed by atoms with van der Waals surface area (Å²) in [6.07, 6.45) is 6.61. The quantitative estimate of drug-likeness (QED) is 0.164. The van der Waals surface area contributed by atoms with Gasteiger partial charge in [-0.3, -0.25) is 9.97 Å². The van der Waals surface area contributed by atoms with Crippen LogP contribution in [0.2, 0.25) is 0 Å². The Bertz CT molecular complexity index is 2570. The number of nitrogens with zero attached hydrogens (tertiary/aromatic N) is 6. The minimum Gasteiger partial charge on any atom is -0.276 e. The summed E-state index contributed by atoms with van der Waals surface area (Å²) >= 11 is 0. The maximum absolute atomic E-state index is 9.48. The third-order valence-electron chi connectivity index (χ3n) is 9.95. The second-order valence-electron chi connectivity index (χ2n) is 12.9. The topological polar surface area (TPSA) is 79.7 Å². The van der Waals surface area contributed by atoms with Crippen LogP contribution in [0.1, 0.15) is 27.8 Å². The summed E-state index contributed by atoms with van der Waals surface area (Å²) in [6.45, 7) is 7.45. The fraction of sp³-hybridized carbons (Fsp3) is 0.0213. The van der Waals surface area contributed by atoms with Crippen molar-refractivity contribution in [1.82, 2.24) is 19.9 Å². The number of hydrogen-bond donors (Lipinski definition) is 0. The Morgan fingerprint density at radius 2 is 0.981 bits per heavy atom. The zero-order valence-electron chi connectivity index (χ0n) is 28.3. The van der Waals surface area contributed by atoms with Gasteiger partial charge in [-0.2, -0.15) is 5.26 Å². The van der Waals surface area contributed by atoms with Crippen LogP contribution in [-0.2, 0) is 5.41 Å². The van der Waals surface area contributed by atoms with E-state index in [0.717, 1.165) is 67.3 Å². The van der Waals surface area contributed by atoms with Gasteiger partial charge in [0.25, 0.3) is 0 Å². The van der Waals surface area contributed by atoms with Crippen LogP contribution in [0, 0.1) is 17.9 Å². The van der Waals surface area contributed by atoms with Crippen LogP contribution < -0.4 is 0 Å². The number of aromatic nitrogens is 4. The summed E-state index contributed by atoms with van der Waals surface area (Å²) in [5.74, 6) is 0. The largest absolute Gasteiger partial charge is 0.276 e. The van der Waals surface area contributed by atoms with E-state index in [0.29, 0.717) is 11.3 Å². The third kappa shape index (κ3) is 5.34. The molecule has 8 aromatic rings. The van der Waals surface area contributed by atoms with Gasteiger partial charge in [0.2, 0.25) is 5.69 Å². The molecule has 0 saturated carbocycles. The smallest absolute Gasteiger partial charge is 0.205 e. The van der Waals surface area contributed by atoms with Crippen LogP contribution in [0.4, 0.5) is 5.69 Å². The van der Waals surface area contributed by atoms with Gasteiger partial charge < -0.3 is 0 Å². The molecule has 1 aliphatic rings. The first-order valence-electron chi connectivity index (χ1n) is 17.2. The molecule has 4 heterocycles. The van der Waals surface area contributed by atoms with Gasteiger partial charge in [0.1, 0.15) is 6.07 Å². The molecule has 0 unspecified atom stereocenters. The van der Waals surface area contributed by atoms with Gasteiger partial charge in [-0.15, -0.1) is 0 Å². The van der Waals surface area contributed by atoms with Crippen molar-refractivity contribution in [2.75, 3.05) is 0 Å². The molecule has 0 aliphatic heterocycles. The Morgan fingerprint density at radius 1 is 0.491 bits per heavy atom. The SMILES string of the molecule is [C-]#[N+]c1cncc(-c2cccc(-c3ccc4c(c3)C(c3ccccc3)(c3ccccc3)c3cc(-c5cccc(-c6cncc(C#N)c6)n5)ccc3-4)n2)c1. The predicted octanol–water partition coefficient (Wildman–Crippen LogP) is 10.7. The van der Waals surface area contributed by atoms with E-state index in [4.69, 9.17) is 16.5 Å².